The summed E-state index contributed by atoms with van der Waals surface area (Å²) >= 11 is 3.99. The molecule has 0 unspecified atom stereocenters. The third kappa shape index (κ3) is 1.21. The maximum atomic E-state index is 5.40. The fourth-order valence-corrected chi connectivity index (χ4v) is 2.21. The van der Waals surface area contributed by atoms with Crippen LogP contribution in [0, 0.1) is 3.57 Å². The highest BCUT2D eigenvalue weighted by atomic mass is 127. The fraction of sp³-hybridized carbons (Fsp3) is 0.200. The largest absolute Gasteiger partial charge is 0.326 e. The van der Waals surface area contributed by atoms with Crippen molar-refractivity contribution >= 4 is 33.9 Å². The average Bonchev–Trinajstić information content (AvgIpc) is 2.14. The predicted molar refractivity (Wildman–Crippen MR) is 44.9 cm³/mol. The van der Waals surface area contributed by atoms with Crippen molar-refractivity contribution in [2.75, 3.05) is 0 Å². The van der Waals surface area contributed by atoms with Crippen molar-refractivity contribution in [1.29, 1.82) is 0 Å². The Labute approximate surface area is 66.0 Å². The summed E-state index contributed by atoms with van der Waals surface area (Å²) in [6, 6.07) is 0. The topological polar surface area (TPSA) is 26.0 Å². The van der Waals surface area contributed by atoms with Gasteiger partial charge in [-0.1, -0.05) is 0 Å². The third-order valence-corrected chi connectivity index (χ3v) is 3.13. The first-order valence-corrected chi connectivity index (χ1v) is 4.27. The Hall–Kier alpha value is 0.390. The molecule has 1 heterocycles. The molecule has 0 aliphatic carbocycles. The molecule has 44 valence electrons. The van der Waals surface area contributed by atoms with Crippen LogP contribution in [0.1, 0.15) is 5.56 Å². The van der Waals surface area contributed by atoms with Crippen LogP contribution in [0.5, 0.6) is 0 Å². The minimum absolute atomic E-state index is 0.668. The van der Waals surface area contributed by atoms with E-state index in [4.69, 9.17) is 5.73 Å². The van der Waals surface area contributed by atoms with E-state index in [1.807, 2.05) is 0 Å². The molecule has 0 bridgehead atoms. The van der Waals surface area contributed by atoms with Gasteiger partial charge in [-0.2, -0.15) is 11.3 Å². The van der Waals surface area contributed by atoms with E-state index in [1.165, 1.54) is 9.13 Å². The molecule has 0 saturated carbocycles. The van der Waals surface area contributed by atoms with Crippen molar-refractivity contribution in [3.05, 3.63) is 19.9 Å². The van der Waals surface area contributed by atoms with Crippen LogP contribution in [0.15, 0.2) is 10.8 Å². The second kappa shape index (κ2) is 2.80. The first-order chi connectivity index (χ1) is 3.84. The minimum Gasteiger partial charge on any atom is -0.326 e. The Morgan fingerprint density at radius 3 is 2.62 bits per heavy atom. The Morgan fingerprint density at radius 2 is 2.38 bits per heavy atom. The molecule has 1 nitrogen and oxygen atoms in total. The number of halogens is 1. The van der Waals surface area contributed by atoms with E-state index in [-0.39, 0.29) is 0 Å². The van der Waals surface area contributed by atoms with E-state index < -0.39 is 0 Å². The van der Waals surface area contributed by atoms with E-state index in [0.29, 0.717) is 6.54 Å². The van der Waals surface area contributed by atoms with Gasteiger partial charge in [-0.15, -0.1) is 0 Å². The molecule has 0 saturated heterocycles. The van der Waals surface area contributed by atoms with Crippen LogP contribution in [0.2, 0.25) is 0 Å². The average molecular weight is 239 g/mol. The van der Waals surface area contributed by atoms with Crippen molar-refractivity contribution < 1.29 is 0 Å². The van der Waals surface area contributed by atoms with Crippen LogP contribution in [-0.2, 0) is 6.54 Å². The lowest BCUT2D eigenvalue weighted by Gasteiger charge is -1.86. The van der Waals surface area contributed by atoms with Gasteiger partial charge in [0.15, 0.2) is 0 Å². The molecule has 0 aliphatic rings. The van der Waals surface area contributed by atoms with Crippen molar-refractivity contribution in [3.63, 3.8) is 0 Å². The third-order valence-electron chi connectivity index (χ3n) is 0.908. The number of hydrogen-bond acceptors (Lipinski definition) is 2. The summed E-state index contributed by atoms with van der Waals surface area (Å²) < 4.78 is 1.29. The Morgan fingerprint density at radius 1 is 1.62 bits per heavy atom. The SMILES string of the molecule is NCc1cscc1I. The van der Waals surface area contributed by atoms with E-state index in [1.54, 1.807) is 11.3 Å². The predicted octanol–water partition coefficient (Wildman–Crippen LogP) is 1.81. The summed E-state index contributed by atoms with van der Waals surface area (Å²) in [6.07, 6.45) is 0. The molecule has 0 radical (unpaired) electrons. The molecule has 0 atom stereocenters. The Balaban J connectivity index is 2.92. The van der Waals surface area contributed by atoms with Gasteiger partial charge in [0.2, 0.25) is 0 Å². The molecular formula is C5H6INS. The number of rotatable bonds is 1. The van der Waals surface area contributed by atoms with Gasteiger partial charge >= 0.3 is 0 Å². The maximum Gasteiger partial charge on any atom is 0.0282 e. The highest BCUT2D eigenvalue weighted by Crippen LogP contribution is 2.15. The zero-order chi connectivity index (χ0) is 5.98. The molecule has 0 spiro atoms. The van der Waals surface area contributed by atoms with Gasteiger partial charge in [0.05, 0.1) is 0 Å². The van der Waals surface area contributed by atoms with Gasteiger partial charge in [0, 0.05) is 15.5 Å². The lowest BCUT2D eigenvalue weighted by molar-refractivity contribution is 1.07. The molecule has 3 heteroatoms. The smallest absolute Gasteiger partial charge is 0.0282 e. The van der Waals surface area contributed by atoms with Gasteiger partial charge < -0.3 is 5.73 Å². The van der Waals surface area contributed by atoms with Crippen LogP contribution >= 0.6 is 33.9 Å². The van der Waals surface area contributed by atoms with Crippen molar-refractivity contribution in [2.24, 2.45) is 5.73 Å². The van der Waals surface area contributed by atoms with Crippen LogP contribution in [0.3, 0.4) is 0 Å². The first-order valence-electron chi connectivity index (χ1n) is 2.25. The van der Waals surface area contributed by atoms with Gasteiger partial charge in [-0.25, -0.2) is 0 Å². The second-order valence-corrected chi connectivity index (χ2v) is 3.35. The normalized spacial score (nSPS) is 9.75. The molecule has 1 aromatic heterocycles. The van der Waals surface area contributed by atoms with E-state index in [9.17, 15) is 0 Å². The summed E-state index contributed by atoms with van der Waals surface area (Å²) in [5.41, 5.74) is 6.66. The van der Waals surface area contributed by atoms with Crippen LogP contribution < -0.4 is 5.73 Å². The maximum absolute atomic E-state index is 5.40. The zero-order valence-electron chi connectivity index (χ0n) is 4.23. The highest BCUT2D eigenvalue weighted by molar-refractivity contribution is 14.1. The van der Waals surface area contributed by atoms with Gasteiger partial charge in [0.1, 0.15) is 0 Å². The molecule has 8 heavy (non-hydrogen) atoms. The van der Waals surface area contributed by atoms with E-state index in [2.05, 4.69) is 33.4 Å². The monoisotopic (exact) mass is 239 g/mol. The van der Waals surface area contributed by atoms with Crippen LogP contribution in [0.25, 0.3) is 0 Å². The van der Waals surface area contributed by atoms with Gasteiger partial charge in [-0.05, 0) is 33.5 Å². The lowest BCUT2D eigenvalue weighted by atomic mass is 10.4. The zero-order valence-corrected chi connectivity index (χ0v) is 7.20. The summed E-state index contributed by atoms with van der Waals surface area (Å²) in [4.78, 5) is 0. The number of hydrogen-bond donors (Lipinski definition) is 1. The fourth-order valence-electron chi connectivity index (χ4n) is 0.453. The molecular weight excluding hydrogens is 233 g/mol. The number of nitrogens with two attached hydrogens (primary N) is 1. The molecule has 1 rings (SSSR count). The molecule has 0 aromatic carbocycles. The van der Waals surface area contributed by atoms with Crippen molar-refractivity contribution in [1.82, 2.24) is 0 Å². The Bertz CT molecular complexity index is 173. The first kappa shape index (κ1) is 6.51. The van der Waals surface area contributed by atoms with Crippen LogP contribution in [-0.4, -0.2) is 0 Å². The van der Waals surface area contributed by atoms with Crippen molar-refractivity contribution in [2.45, 2.75) is 6.54 Å². The minimum atomic E-state index is 0.668. The lowest BCUT2D eigenvalue weighted by Crippen LogP contribution is -1.94. The summed E-state index contributed by atoms with van der Waals surface area (Å²) in [6.45, 7) is 0.668. The van der Waals surface area contributed by atoms with Gasteiger partial charge in [0.25, 0.3) is 0 Å². The second-order valence-electron chi connectivity index (χ2n) is 1.45. The summed E-state index contributed by atoms with van der Waals surface area (Å²) in [5, 5.41) is 4.19. The van der Waals surface area contributed by atoms with Crippen LogP contribution in [0.4, 0.5) is 0 Å². The summed E-state index contributed by atoms with van der Waals surface area (Å²) in [7, 11) is 0. The molecule has 0 fully saturated rings. The Kier molecular flexibility index (Phi) is 2.27. The van der Waals surface area contributed by atoms with E-state index in [0.717, 1.165) is 0 Å². The molecule has 0 amide bonds. The molecule has 2 N–H and O–H groups in total. The highest BCUT2D eigenvalue weighted by Gasteiger charge is 1.94. The van der Waals surface area contributed by atoms with Crippen molar-refractivity contribution in [3.8, 4) is 0 Å². The van der Waals surface area contributed by atoms with E-state index >= 15 is 0 Å². The molecule has 0 aliphatic heterocycles. The number of thiophene rings is 1. The quantitative estimate of drug-likeness (QED) is 0.743. The molecule has 1 aromatic rings. The summed E-state index contributed by atoms with van der Waals surface area (Å²) in [5.74, 6) is 0. The standard InChI is InChI=1S/C5H6INS/c6-5-3-8-2-4(5)1-7/h2-3H,1,7H2. The van der Waals surface area contributed by atoms with Gasteiger partial charge in [-0.3, -0.25) is 0 Å².